The number of nitrogens with zero attached hydrogens (tertiary/aromatic N) is 2. The van der Waals surface area contributed by atoms with Crippen LogP contribution in [0.25, 0.3) is 0 Å². The number of ether oxygens (including phenoxy) is 3. The molecule has 0 spiro atoms. The Morgan fingerprint density at radius 2 is 1.42 bits per heavy atom. The maximum Gasteiger partial charge on any atom is 0.203 e. The van der Waals surface area contributed by atoms with Gasteiger partial charge >= 0.3 is 0 Å². The summed E-state index contributed by atoms with van der Waals surface area (Å²) in [6.07, 6.45) is 12.5. The molecule has 0 saturated heterocycles. The van der Waals surface area contributed by atoms with Crippen LogP contribution in [0.1, 0.15) is 90.5 Å². The molecule has 5 heteroatoms. The predicted molar refractivity (Wildman–Crippen MR) is 138 cm³/mol. The van der Waals surface area contributed by atoms with E-state index in [2.05, 4.69) is 38.8 Å². The Hall–Kier alpha value is -1.93. The van der Waals surface area contributed by atoms with Crippen LogP contribution in [-0.2, 0) is 5.41 Å². The van der Waals surface area contributed by atoms with Crippen molar-refractivity contribution in [1.82, 2.24) is 4.90 Å². The molecule has 1 unspecified atom stereocenters. The molecule has 33 heavy (non-hydrogen) atoms. The Kier molecular flexibility index (Phi) is 14.0. The van der Waals surface area contributed by atoms with Crippen molar-refractivity contribution < 1.29 is 14.2 Å². The van der Waals surface area contributed by atoms with E-state index in [1.807, 2.05) is 12.1 Å². The summed E-state index contributed by atoms with van der Waals surface area (Å²) in [5, 5.41) is 10.4. The molecule has 1 rings (SSSR count). The van der Waals surface area contributed by atoms with Gasteiger partial charge in [-0.1, -0.05) is 65.7 Å². The van der Waals surface area contributed by atoms with E-state index in [0.29, 0.717) is 17.2 Å². The fourth-order valence-corrected chi connectivity index (χ4v) is 4.69. The zero-order valence-corrected chi connectivity index (χ0v) is 22.3. The van der Waals surface area contributed by atoms with Gasteiger partial charge in [-0.15, -0.1) is 0 Å². The summed E-state index contributed by atoms with van der Waals surface area (Å²) in [7, 11) is 7.04. The SMILES string of the molecule is CCCCCCCCCCN(C)CCCC(C#N)(c1ccc(OC)c(OC)c1OC)C(C)C. The fraction of sp³-hybridized carbons (Fsp3) is 0.750. The quantitative estimate of drug-likeness (QED) is 0.221. The Bertz CT molecular complexity index is 714. The molecule has 0 N–H and O–H groups in total. The van der Waals surface area contributed by atoms with Crippen LogP contribution in [0.5, 0.6) is 17.2 Å². The van der Waals surface area contributed by atoms with Gasteiger partial charge in [0.1, 0.15) is 0 Å². The lowest BCUT2D eigenvalue weighted by Gasteiger charge is -2.34. The molecule has 0 aliphatic carbocycles. The summed E-state index contributed by atoms with van der Waals surface area (Å²) < 4.78 is 16.8. The van der Waals surface area contributed by atoms with Gasteiger partial charge < -0.3 is 19.1 Å². The number of hydrogen-bond donors (Lipinski definition) is 0. The van der Waals surface area contributed by atoms with Crippen LogP contribution in [0.2, 0.25) is 0 Å². The van der Waals surface area contributed by atoms with Crippen LogP contribution in [0.15, 0.2) is 12.1 Å². The maximum atomic E-state index is 10.4. The van der Waals surface area contributed by atoms with Crippen molar-refractivity contribution >= 4 is 0 Å². The van der Waals surface area contributed by atoms with E-state index in [-0.39, 0.29) is 5.92 Å². The van der Waals surface area contributed by atoms with Gasteiger partial charge in [-0.2, -0.15) is 5.26 Å². The van der Waals surface area contributed by atoms with Gasteiger partial charge in [0, 0.05) is 5.56 Å². The average Bonchev–Trinajstić information content (AvgIpc) is 2.82. The summed E-state index contributed by atoms with van der Waals surface area (Å²) >= 11 is 0. The Balaban J connectivity index is 2.72. The second-order valence-electron chi connectivity index (χ2n) is 9.50. The number of rotatable bonds is 18. The van der Waals surface area contributed by atoms with Crippen LogP contribution in [0.3, 0.4) is 0 Å². The minimum Gasteiger partial charge on any atom is -0.493 e. The Morgan fingerprint density at radius 3 is 1.94 bits per heavy atom. The lowest BCUT2D eigenvalue weighted by atomic mass is 9.69. The van der Waals surface area contributed by atoms with E-state index in [1.165, 1.54) is 51.4 Å². The molecule has 0 amide bonds. The van der Waals surface area contributed by atoms with Gasteiger partial charge in [0.25, 0.3) is 0 Å². The molecule has 1 aromatic rings. The van der Waals surface area contributed by atoms with Gasteiger partial charge in [-0.3, -0.25) is 0 Å². The first kappa shape index (κ1) is 29.1. The first-order chi connectivity index (χ1) is 15.9. The predicted octanol–water partition coefficient (Wildman–Crippen LogP) is 6.98. The smallest absolute Gasteiger partial charge is 0.203 e. The molecular formula is C28H48N2O3. The van der Waals surface area contributed by atoms with Crippen LogP contribution in [-0.4, -0.2) is 46.4 Å². The van der Waals surface area contributed by atoms with Crippen LogP contribution in [0, 0.1) is 17.2 Å². The maximum absolute atomic E-state index is 10.4. The molecular weight excluding hydrogens is 412 g/mol. The van der Waals surface area contributed by atoms with E-state index >= 15 is 0 Å². The molecule has 0 fully saturated rings. The van der Waals surface area contributed by atoms with Crippen molar-refractivity contribution in [2.75, 3.05) is 41.5 Å². The third-order valence-electron chi connectivity index (χ3n) is 6.87. The molecule has 0 radical (unpaired) electrons. The molecule has 188 valence electrons. The minimum absolute atomic E-state index is 0.132. The van der Waals surface area contributed by atoms with Crippen LogP contribution in [0.4, 0.5) is 0 Å². The second kappa shape index (κ2) is 15.8. The zero-order valence-electron chi connectivity index (χ0n) is 22.3. The van der Waals surface area contributed by atoms with Crippen molar-refractivity contribution in [2.45, 2.75) is 90.4 Å². The molecule has 5 nitrogen and oxygen atoms in total. The van der Waals surface area contributed by atoms with E-state index in [1.54, 1.807) is 21.3 Å². The molecule has 0 bridgehead atoms. The highest BCUT2D eigenvalue weighted by Gasteiger charge is 2.39. The van der Waals surface area contributed by atoms with Crippen molar-refractivity contribution in [3.63, 3.8) is 0 Å². The largest absolute Gasteiger partial charge is 0.493 e. The highest BCUT2D eigenvalue weighted by Crippen LogP contribution is 2.48. The van der Waals surface area contributed by atoms with Gasteiger partial charge in [0.15, 0.2) is 11.5 Å². The molecule has 0 aromatic heterocycles. The number of nitriles is 1. The first-order valence-corrected chi connectivity index (χ1v) is 12.8. The third-order valence-corrected chi connectivity index (χ3v) is 6.87. The van der Waals surface area contributed by atoms with E-state index < -0.39 is 5.41 Å². The molecule has 1 aromatic carbocycles. The van der Waals surface area contributed by atoms with Crippen LogP contribution < -0.4 is 14.2 Å². The minimum atomic E-state index is -0.649. The summed E-state index contributed by atoms with van der Waals surface area (Å²) in [4.78, 5) is 2.41. The molecule has 0 heterocycles. The molecule has 0 aliphatic rings. The summed E-state index contributed by atoms with van der Waals surface area (Å²) in [6.45, 7) is 8.60. The van der Waals surface area contributed by atoms with Crippen LogP contribution >= 0.6 is 0 Å². The average molecular weight is 461 g/mol. The summed E-state index contributed by atoms with van der Waals surface area (Å²) in [6, 6.07) is 6.49. The number of hydrogen-bond acceptors (Lipinski definition) is 5. The summed E-state index contributed by atoms with van der Waals surface area (Å²) in [5.74, 6) is 1.88. The molecule has 1 atom stereocenters. The Labute approximate surface area is 203 Å². The monoisotopic (exact) mass is 460 g/mol. The first-order valence-electron chi connectivity index (χ1n) is 12.8. The summed E-state index contributed by atoms with van der Waals surface area (Å²) in [5.41, 5.74) is 0.232. The number of methoxy groups -OCH3 is 3. The van der Waals surface area contributed by atoms with Crippen molar-refractivity contribution in [3.05, 3.63) is 17.7 Å². The molecule has 0 aliphatic heterocycles. The zero-order chi connectivity index (χ0) is 24.7. The number of unbranched alkanes of at least 4 members (excludes halogenated alkanes) is 7. The Morgan fingerprint density at radius 1 is 0.848 bits per heavy atom. The normalized spacial score (nSPS) is 13.1. The highest BCUT2D eigenvalue weighted by molar-refractivity contribution is 5.59. The van der Waals surface area contributed by atoms with Gasteiger partial charge in [-0.05, 0) is 57.5 Å². The lowest BCUT2D eigenvalue weighted by molar-refractivity contribution is 0.276. The molecule has 0 saturated carbocycles. The number of benzene rings is 1. The second-order valence-corrected chi connectivity index (χ2v) is 9.50. The van der Waals surface area contributed by atoms with E-state index in [0.717, 1.165) is 31.5 Å². The van der Waals surface area contributed by atoms with E-state index in [9.17, 15) is 5.26 Å². The van der Waals surface area contributed by atoms with E-state index in [4.69, 9.17) is 14.2 Å². The van der Waals surface area contributed by atoms with Crippen molar-refractivity contribution in [1.29, 1.82) is 5.26 Å². The topological polar surface area (TPSA) is 54.7 Å². The standard InChI is InChI=1S/C28H48N2O3/c1-8-9-10-11-12-13-14-15-20-30(4)21-16-19-28(22-29,23(2)3)24-17-18-25(31-5)27(33-7)26(24)32-6/h17-18,23H,8-16,19-21H2,1-7H3. The third kappa shape index (κ3) is 8.41. The van der Waals surface area contributed by atoms with Crippen molar-refractivity contribution in [3.8, 4) is 23.3 Å². The fourth-order valence-electron chi connectivity index (χ4n) is 4.69. The highest BCUT2D eigenvalue weighted by atomic mass is 16.5. The lowest BCUT2D eigenvalue weighted by Crippen LogP contribution is -2.33. The van der Waals surface area contributed by atoms with Gasteiger partial charge in [-0.25, -0.2) is 0 Å². The van der Waals surface area contributed by atoms with Gasteiger partial charge in [0.2, 0.25) is 5.75 Å². The van der Waals surface area contributed by atoms with Crippen molar-refractivity contribution in [2.24, 2.45) is 5.92 Å². The van der Waals surface area contributed by atoms with Gasteiger partial charge in [0.05, 0.1) is 32.8 Å².